The first-order chi connectivity index (χ1) is 13.0. The zero-order valence-corrected chi connectivity index (χ0v) is 14.9. The molecule has 0 amide bonds. The molecule has 3 aromatic heterocycles. The Hall–Kier alpha value is -3.11. The van der Waals surface area contributed by atoms with Crippen molar-refractivity contribution in [1.29, 1.82) is 0 Å². The normalized spacial score (nSPS) is 11.9. The van der Waals surface area contributed by atoms with Crippen LogP contribution in [0.3, 0.4) is 0 Å². The maximum Gasteiger partial charge on any atom is 0.339 e. The van der Waals surface area contributed by atoms with E-state index in [0.717, 1.165) is 0 Å². The van der Waals surface area contributed by atoms with Gasteiger partial charge in [-0.05, 0) is 12.1 Å². The van der Waals surface area contributed by atoms with Gasteiger partial charge in [0, 0.05) is 38.0 Å². The summed E-state index contributed by atoms with van der Waals surface area (Å²) in [6.07, 6.45) is 4.75. The smallest absolute Gasteiger partial charge is 0.339 e. The molecule has 140 valence electrons. The highest BCUT2D eigenvalue weighted by molar-refractivity contribution is 6.34. The van der Waals surface area contributed by atoms with Crippen LogP contribution >= 0.6 is 11.6 Å². The summed E-state index contributed by atoms with van der Waals surface area (Å²) in [6, 6.07) is 2.67. The maximum absolute atomic E-state index is 13.2. The molecule has 9 nitrogen and oxygen atoms in total. The first-order valence-corrected chi connectivity index (χ1v) is 8.01. The zero-order chi connectivity index (χ0) is 19.4. The summed E-state index contributed by atoms with van der Waals surface area (Å²) in [4.78, 5) is 31.8. The third-order valence-electron chi connectivity index (χ3n) is 3.14. The highest BCUT2D eigenvalue weighted by atomic mass is 35.5. The summed E-state index contributed by atoms with van der Waals surface area (Å²) in [6.45, 7) is 2.67. The number of ether oxygens (including phenoxy) is 1. The van der Waals surface area contributed by atoms with E-state index < -0.39 is 18.2 Å². The molecule has 0 aliphatic rings. The summed E-state index contributed by atoms with van der Waals surface area (Å²) in [5.74, 6) is -0.941. The SMILES string of the molecule is CC(=O)OOC(C)Oc1nn(-c2cnccn2)c(-c2ccc(F)nc2)c1Cl. The minimum Gasteiger partial charge on any atom is -0.442 e. The summed E-state index contributed by atoms with van der Waals surface area (Å²) >= 11 is 6.42. The van der Waals surface area contributed by atoms with Crippen molar-refractivity contribution in [3.8, 4) is 23.0 Å². The molecule has 0 aliphatic carbocycles. The fourth-order valence-corrected chi connectivity index (χ4v) is 2.37. The lowest BCUT2D eigenvalue weighted by Gasteiger charge is -2.11. The number of pyridine rings is 1. The number of halogens is 2. The second-order valence-corrected chi connectivity index (χ2v) is 5.55. The minimum absolute atomic E-state index is 0.0127. The van der Waals surface area contributed by atoms with Crippen LogP contribution in [0.4, 0.5) is 4.39 Å². The van der Waals surface area contributed by atoms with Gasteiger partial charge in [-0.2, -0.15) is 4.39 Å². The maximum atomic E-state index is 13.2. The van der Waals surface area contributed by atoms with Gasteiger partial charge in [-0.1, -0.05) is 11.6 Å². The quantitative estimate of drug-likeness (QED) is 0.273. The Morgan fingerprint density at radius 2 is 2.07 bits per heavy atom. The summed E-state index contributed by atoms with van der Waals surface area (Å²) in [5, 5.41) is 4.37. The van der Waals surface area contributed by atoms with Crippen molar-refractivity contribution in [3.63, 3.8) is 0 Å². The Bertz CT molecular complexity index is 936. The van der Waals surface area contributed by atoms with Gasteiger partial charge in [0.2, 0.25) is 12.2 Å². The van der Waals surface area contributed by atoms with E-state index in [1.54, 1.807) is 0 Å². The second kappa shape index (κ2) is 8.06. The van der Waals surface area contributed by atoms with E-state index in [-0.39, 0.29) is 10.9 Å². The van der Waals surface area contributed by atoms with Crippen LogP contribution in [-0.4, -0.2) is 37.0 Å². The van der Waals surface area contributed by atoms with Crippen LogP contribution in [0.5, 0.6) is 5.88 Å². The van der Waals surface area contributed by atoms with Crippen LogP contribution in [0.15, 0.2) is 36.9 Å². The lowest BCUT2D eigenvalue weighted by molar-refractivity contribution is -0.329. The van der Waals surface area contributed by atoms with Crippen molar-refractivity contribution in [3.05, 3.63) is 47.9 Å². The van der Waals surface area contributed by atoms with Crippen molar-refractivity contribution in [1.82, 2.24) is 24.7 Å². The Morgan fingerprint density at radius 1 is 1.26 bits per heavy atom. The number of aromatic nitrogens is 5. The molecular weight excluding hydrogens is 381 g/mol. The lowest BCUT2D eigenvalue weighted by Crippen LogP contribution is -2.18. The van der Waals surface area contributed by atoms with Crippen molar-refractivity contribution in [2.24, 2.45) is 0 Å². The molecule has 0 aromatic carbocycles. The van der Waals surface area contributed by atoms with Gasteiger partial charge < -0.3 is 4.74 Å². The van der Waals surface area contributed by atoms with Gasteiger partial charge in [0.05, 0.1) is 6.20 Å². The molecule has 0 saturated heterocycles. The predicted octanol–water partition coefficient (Wildman–Crippen LogP) is 2.74. The average Bonchev–Trinajstić information content (AvgIpc) is 2.98. The number of rotatable bonds is 6. The first-order valence-electron chi connectivity index (χ1n) is 7.63. The number of hydrogen-bond acceptors (Lipinski definition) is 8. The third-order valence-corrected chi connectivity index (χ3v) is 3.48. The van der Waals surface area contributed by atoms with Crippen molar-refractivity contribution >= 4 is 17.6 Å². The predicted molar refractivity (Wildman–Crippen MR) is 90.3 cm³/mol. The van der Waals surface area contributed by atoms with Crippen LogP contribution in [0.1, 0.15) is 13.8 Å². The van der Waals surface area contributed by atoms with Crippen LogP contribution in [-0.2, 0) is 14.6 Å². The first kappa shape index (κ1) is 18.7. The fraction of sp³-hybridized carbons (Fsp3) is 0.188. The minimum atomic E-state index is -0.990. The van der Waals surface area contributed by atoms with E-state index in [1.807, 2.05) is 0 Å². The number of carbonyl (C=O) groups is 1. The van der Waals surface area contributed by atoms with E-state index >= 15 is 0 Å². The van der Waals surface area contributed by atoms with Gasteiger partial charge >= 0.3 is 5.97 Å². The Balaban J connectivity index is 2.01. The molecule has 0 spiro atoms. The molecule has 0 saturated carbocycles. The molecule has 0 aliphatic heterocycles. The van der Waals surface area contributed by atoms with Gasteiger partial charge in [0.25, 0.3) is 5.88 Å². The molecule has 0 N–H and O–H groups in total. The number of nitrogens with zero attached hydrogens (tertiary/aromatic N) is 5. The van der Waals surface area contributed by atoms with E-state index in [4.69, 9.17) is 21.2 Å². The van der Waals surface area contributed by atoms with E-state index in [2.05, 4.69) is 24.9 Å². The molecule has 1 unspecified atom stereocenters. The van der Waals surface area contributed by atoms with Crippen molar-refractivity contribution in [2.45, 2.75) is 20.1 Å². The lowest BCUT2D eigenvalue weighted by atomic mass is 10.2. The third kappa shape index (κ3) is 4.36. The summed E-state index contributed by atoms with van der Waals surface area (Å²) in [5.41, 5.74) is 0.835. The van der Waals surface area contributed by atoms with E-state index in [1.165, 1.54) is 55.4 Å². The highest BCUT2D eigenvalue weighted by Crippen LogP contribution is 2.36. The van der Waals surface area contributed by atoms with Crippen molar-refractivity contribution in [2.75, 3.05) is 0 Å². The van der Waals surface area contributed by atoms with Crippen LogP contribution < -0.4 is 4.74 Å². The molecule has 3 aromatic rings. The van der Waals surface area contributed by atoms with Crippen LogP contribution in [0.25, 0.3) is 17.1 Å². The number of hydrogen-bond donors (Lipinski definition) is 0. The van der Waals surface area contributed by atoms with Crippen LogP contribution in [0, 0.1) is 5.95 Å². The monoisotopic (exact) mass is 393 g/mol. The van der Waals surface area contributed by atoms with Crippen LogP contribution in [0.2, 0.25) is 5.02 Å². The van der Waals surface area contributed by atoms with Crippen molar-refractivity contribution < 1.29 is 23.7 Å². The zero-order valence-electron chi connectivity index (χ0n) is 14.2. The molecule has 11 heteroatoms. The highest BCUT2D eigenvalue weighted by Gasteiger charge is 2.23. The molecule has 3 rings (SSSR count). The molecule has 0 fully saturated rings. The van der Waals surface area contributed by atoms with E-state index in [0.29, 0.717) is 17.1 Å². The Morgan fingerprint density at radius 3 is 2.70 bits per heavy atom. The number of carbonyl (C=O) groups excluding carboxylic acids is 1. The largest absolute Gasteiger partial charge is 0.442 e. The van der Waals surface area contributed by atoms with Gasteiger partial charge in [0.15, 0.2) is 5.82 Å². The molecular formula is C16H13ClFN5O4. The van der Waals surface area contributed by atoms with Gasteiger partial charge in [-0.15, -0.1) is 9.99 Å². The van der Waals surface area contributed by atoms with Gasteiger partial charge in [-0.25, -0.2) is 19.4 Å². The standard InChI is InChI=1S/C16H13ClFN5O4/c1-9(24)26-27-10(2)25-16-14(17)15(11-3-4-12(18)21-7-11)23(22-16)13-8-19-5-6-20-13/h3-8,10H,1-2H3. The molecule has 0 radical (unpaired) electrons. The van der Waals surface area contributed by atoms with E-state index in [9.17, 15) is 9.18 Å². The Labute approximate surface area is 157 Å². The molecule has 1 atom stereocenters. The summed E-state index contributed by atoms with van der Waals surface area (Å²) in [7, 11) is 0. The fourth-order valence-electron chi connectivity index (χ4n) is 2.10. The topological polar surface area (TPSA) is 101 Å². The molecule has 27 heavy (non-hydrogen) atoms. The van der Waals surface area contributed by atoms with Gasteiger partial charge in [-0.3, -0.25) is 9.87 Å². The average molecular weight is 394 g/mol. The summed E-state index contributed by atoms with van der Waals surface area (Å²) < 4.78 is 20.0. The Kier molecular flexibility index (Phi) is 5.57. The molecule has 3 heterocycles. The van der Waals surface area contributed by atoms with Gasteiger partial charge in [0.1, 0.15) is 10.7 Å². The molecule has 0 bridgehead atoms. The second-order valence-electron chi connectivity index (χ2n) is 5.17.